The van der Waals surface area contributed by atoms with Crippen LogP contribution in [0.1, 0.15) is 31.2 Å². The molecule has 2 unspecified atom stereocenters. The maximum atomic E-state index is 12.9. The first-order valence-corrected chi connectivity index (χ1v) is 7.28. The van der Waals surface area contributed by atoms with E-state index in [-0.39, 0.29) is 11.7 Å². The molecule has 2 spiro atoms. The molecule has 0 radical (unpaired) electrons. The normalized spacial score (nSPS) is 36.0. The zero-order valence-corrected chi connectivity index (χ0v) is 11.6. The summed E-state index contributed by atoms with van der Waals surface area (Å²) < 4.78 is 0. The highest BCUT2D eigenvalue weighted by atomic mass is 16.2. The largest absolute Gasteiger partial charge is 0.324 e. The van der Waals surface area contributed by atoms with Crippen molar-refractivity contribution in [2.45, 2.75) is 31.2 Å². The van der Waals surface area contributed by atoms with Crippen molar-refractivity contribution in [3.05, 3.63) is 29.8 Å². The Kier molecular flexibility index (Phi) is 2.24. The highest BCUT2D eigenvalue weighted by Crippen LogP contribution is 2.61. The first kappa shape index (κ1) is 12.1. The Morgan fingerprint density at radius 1 is 1.20 bits per heavy atom. The van der Waals surface area contributed by atoms with Gasteiger partial charge in [0.25, 0.3) is 5.91 Å². The van der Waals surface area contributed by atoms with Gasteiger partial charge in [-0.2, -0.15) is 0 Å². The zero-order chi connectivity index (χ0) is 14.0. The lowest BCUT2D eigenvalue weighted by Crippen LogP contribution is -2.56. The van der Waals surface area contributed by atoms with E-state index in [0.29, 0.717) is 6.42 Å². The second-order valence-electron chi connectivity index (χ2n) is 6.24. The van der Waals surface area contributed by atoms with Crippen molar-refractivity contribution in [1.82, 2.24) is 4.90 Å². The van der Waals surface area contributed by atoms with Crippen LogP contribution < -0.4 is 5.32 Å². The van der Waals surface area contributed by atoms with Gasteiger partial charge in [0, 0.05) is 24.2 Å². The Bertz CT molecular complexity index is 627. The van der Waals surface area contributed by atoms with Crippen LogP contribution in [0.5, 0.6) is 0 Å². The number of para-hydroxylation sites is 1. The minimum Gasteiger partial charge on any atom is -0.324 e. The van der Waals surface area contributed by atoms with Crippen LogP contribution in [-0.2, 0) is 15.1 Å². The Balaban J connectivity index is 2.02. The fraction of sp³-hybridized carbons (Fsp3) is 0.500. The summed E-state index contributed by atoms with van der Waals surface area (Å²) in [5.74, 6) is 0.252. The van der Waals surface area contributed by atoms with Gasteiger partial charge in [-0.1, -0.05) is 18.2 Å². The molecule has 2 fully saturated rings. The first-order valence-electron chi connectivity index (χ1n) is 7.28. The molecular formula is C16H18N2O2. The second kappa shape index (κ2) is 3.70. The van der Waals surface area contributed by atoms with Gasteiger partial charge in [0.2, 0.25) is 0 Å². The third kappa shape index (κ3) is 1.09. The number of anilines is 1. The first-order chi connectivity index (χ1) is 9.63. The molecule has 1 saturated carbocycles. The number of fused-ring (bicyclic) bond motifs is 3. The highest BCUT2D eigenvalue weighted by molar-refractivity contribution is 6.11. The number of nitrogens with zero attached hydrogens (tertiary/aromatic N) is 1. The molecule has 1 saturated heterocycles. The summed E-state index contributed by atoms with van der Waals surface area (Å²) in [5.41, 5.74) is 0.556. The molecule has 1 amide bonds. The number of hydrogen-bond donors (Lipinski definition) is 1. The van der Waals surface area contributed by atoms with E-state index in [1.807, 2.05) is 31.3 Å². The van der Waals surface area contributed by atoms with Crippen LogP contribution in [0.4, 0.5) is 5.69 Å². The molecule has 4 nitrogen and oxygen atoms in total. The van der Waals surface area contributed by atoms with Crippen LogP contribution in [0, 0.1) is 5.41 Å². The predicted octanol–water partition coefficient (Wildman–Crippen LogP) is 1.91. The van der Waals surface area contributed by atoms with Gasteiger partial charge in [-0.15, -0.1) is 0 Å². The van der Waals surface area contributed by atoms with Crippen LogP contribution in [0.3, 0.4) is 0 Å². The summed E-state index contributed by atoms with van der Waals surface area (Å²) in [7, 11) is 1.97. The number of likely N-dealkylation sites (tertiary alicyclic amines) is 1. The minimum atomic E-state index is -0.781. The fourth-order valence-electron chi connectivity index (χ4n) is 4.75. The topological polar surface area (TPSA) is 49.4 Å². The number of amides is 1. The summed E-state index contributed by atoms with van der Waals surface area (Å²) >= 11 is 0. The van der Waals surface area contributed by atoms with Crippen LogP contribution >= 0.6 is 0 Å². The van der Waals surface area contributed by atoms with Crippen LogP contribution in [0.2, 0.25) is 0 Å². The number of carbonyl (C=O) groups excluding carboxylic acids is 2. The number of hydrogen-bond acceptors (Lipinski definition) is 3. The number of benzene rings is 1. The number of ketones is 1. The Morgan fingerprint density at radius 2 is 2.00 bits per heavy atom. The van der Waals surface area contributed by atoms with E-state index in [1.165, 1.54) is 0 Å². The van der Waals surface area contributed by atoms with Crippen LogP contribution in [-0.4, -0.2) is 30.2 Å². The molecule has 104 valence electrons. The average Bonchev–Trinajstić information content (AvgIpc) is 3.04. The lowest BCUT2D eigenvalue weighted by Gasteiger charge is -2.41. The van der Waals surface area contributed by atoms with Crippen molar-refractivity contribution in [1.29, 1.82) is 0 Å². The van der Waals surface area contributed by atoms with E-state index in [9.17, 15) is 9.59 Å². The van der Waals surface area contributed by atoms with E-state index in [1.54, 1.807) is 0 Å². The SMILES string of the molecule is CN1CCC2(CCCC2=O)C12C(=O)Nc1ccccc12. The lowest BCUT2D eigenvalue weighted by molar-refractivity contribution is -0.141. The average molecular weight is 270 g/mol. The maximum absolute atomic E-state index is 12.9. The van der Waals surface area contributed by atoms with E-state index in [4.69, 9.17) is 0 Å². The minimum absolute atomic E-state index is 0.0195. The molecule has 2 aliphatic heterocycles. The second-order valence-corrected chi connectivity index (χ2v) is 6.24. The zero-order valence-electron chi connectivity index (χ0n) is 11.6. The molecule has 0 aromatic heterocycles. The quantitative estimate of drug-likeness (QED) is 0.783. The predicted molar refractivity (Wildman–Crippen MR) is 75.3 cm³/mol. The summed E-state index contributed by atoms with van der Waals surface area (Å²) in [6, 6.07) is 7.82. The monoisotopic (exact) mass is 270 g/mol. The Morgan fingerprint density at radius 3 is 2.75 bits per heavy atom. The van der Waals surface area contributed by atoms with Crippen molar-refractivity contribution in [2.24, 2.45) is 5.41 Å². The Labute approximate surface area is 118 Å². The lowest BCUT2D eigenvalue weighted by atomic mass is 9.65. The van der Waals surface area contributed by atoms with E-state index >= 15 is 0 Å². The van der Waals surface area contributed by atoms with Gasteiger partial charge in [-0.3, -0.25) is 14.5 Å². The van der Waals surface area contributed by atoms with Crippen molar-refractivity contribution < 1.29 is 9.59 Å². The Hall–Kier alpha value is -1.68. The van der Waals surface area contributed by atoms with Gasteiger partial charge >= 0.3 is 0 Å². The number of Topliss-reactive ketones (excluding diaryl/α,β-unsaturated/α-hetero) is 1. The van der Waals surface area contributed by atoms with Gasteiger partial charge in [0.05, 0.1) is 5.41 Å². The molecule has 4 rings (SSSR count). The number of rotatable bonds is 0. The highest BCUT2D eigenvalue weighted by Gasteiger charge is 2.69. The van der Waals surface area contributed by atoms with Gasteiger partial charge < -0.3 is 5.32 Å². The summed E-state index contributed by atoms with van der Waals surface area (Å²) in [6.07, 6.45) is 3.15. The molecule has 2 heterocycles. The molecule has 4 heteroatoms. The van der Waals surface area contributed by atoms with Crippen molar-refractivity contribution >= 4 is 17.4 Å². The molecule has 3 aliphatic rings. The number of carbonyl (C=O) groups is 2. The van der Waals surface area contributed by atoms with Crippen LogP contribution in [0.25, 0.3) is 0 Å². The summed E-state index contributed by atoms with van der Waals surface area (Å²) in [4.78, 5) is 27.6. The fourth-order valence-corrected chi connectivity index (χ4v) is 4.75. The van der Waals surface area contributed by atoms with Gasteiger partial charge in [-0.25, -0.2) is 0 Å². The number of likely N-dealkylation sites (N-methyl/N-ethyl adjacent to an activating group) is 1. The molecule has 1 aromatic rings. The van der Waals surface area contributed by atoms with Gasteiger partial charge in [-0.05, 0) is 32.4 Å². The summed E-state index contributed by atoms with van der Waals surface area (Å²) in [6.45, 7) is 0.799. The van der Waals surface area contributed by atoms with Crippen molar-refractivity contribution in [3.63, 3.8) is 0 Å². The van der Waals surface area contributed by atoms with E-state index in [2.05, 4.69) is 10.2 Å². The van der Waals surface area contributed by atoms with E-state index < -0.39 is 11.0 Å². The number of nitrogens with one attached hydrogen (secondary N) is 1. The van der Waals surface area contributed by atoms with Crippen LogP contribution in [0.15, 0.2) is 24.3 Å². The maximum Gasteiger partial charge on any atom is 0.250 e. The van der Waals surface area contributed by atoms with E-state index in [0.717, 1.165) is 37.1 Å². The third-order valence-corrected chi connectivity index (χ3v) is 5.57. The summed E-state index contributed by atoms with van der Waals surface area (Å²) in [5, 5.41) is 3.00. The third-order valence-electron chi connectivity index (χ3n) is 5.57. The molecule has 0 bridgehead atoms. The molecular weight excluding hydrogens is 252 g/mol. The molecule has 1 N–H and O–H groups in total. The van der Waals surface area contributed by atoms with Gasteiger partial charge in [0.1, 0.15) is 11.3 Å². The molecule has 1 aromatic carbocycles. The van der Waals surface area contributed by atoms with Crippen molar-refractivity contribution in [3.8, 4) is 0 Å². The molecule has 1 aliphatic carbocycles. The van der Waals surface area contributed by atoms with Crippen molar-refractivity contribution in [2.75, 3.05) is 18.9 Å². The van der Waals surface area contributed by atoms with Gasteiger partial charge in [0.15, 0.2) is 0 Å². The standard InChI is InChI=1S/C16H18N2O2/c1-18-10-9-15(8-4-7-13(15)19)16(18)11-5-2-3-6-12(11)17-14(16)20/h2-3,5-6H,4,7-10H2,1H3,(H,17,20). The smallest absolute Gasteiger partial charge is 0.250 e. The molecule has 2 atom stereocenters. The molecule has 20 heavy (non-hydrogen) atoms.